The Bertz CT molecular complexity index is 526. The highest BCUT2D eigenvalue weighted by Gasteiger charge is 2.31. The molecule has 0 aromatic rings. The molecule has 150 valence electrons. The van der Waals surface area contributed by atoms with Crippen molar-refractivity contribution < 1.29 is 9.53 Å². The van der Waals surface area contributed by atoms with Crippen LogP contribution in [0.3, 0.4) is 0 Å². The van der Waals surface area contributed by atoms with Gasteiger partial charge in [-0.3, -0.25) is 4.79 Å². The molecule has 0 bridgehead atoms. The Morgan fingerprint density at radius 3 is 2.50 bits per heavy atom. The predicted molar refractivity (Wildman–Crippen MR) is 105 cm³/mol. The minimum absolute atomic E-state index is 0.0123. The molecule has 1 saturated heterocycles. The Hall–Kier alpha value is -1.77. The molecule has 0 saturated carbocycles. The van der Waals surface area contributed by atoms with E-state index in [0.29, 0.717) is 29.6 Å². The number of nitrogens with zero attached hydrogens (tertiary/aromatic N) is 1. The first-order valence-electron chi connectivity index (χ1n) is 9.16. The number of likely N-dealkylation sites (tertiary alicyclic amines) is 1. The zero-order valence-corrected chi connectivity index (χ0v) is 16.7. The normalized spacial score (nSPS) is 23.7. The second-order valence-electron chi connectivity index (χ2n) is 7.37. The molecule has 0 aromatic heterocycles. The number of amides is 1. The van der Waals surface area contributed by atoms with E-state index in [0.717, 1.165) is 19.5 Å². The van der Waals surface area contributed by atoms with Crippen molar-refractivity contribution in [2.75, 3.05) is 26.7 Å². The first-order chi connectivity index (χ1) is 12.1. The van der Waals surface area contributed by atoms with Gasteiger partial charge in [-0.1, -0.05) is 13.8 Å². The molecule has 0 aliphatic carbocycles. The number of methoxy groups -OCH3 is 1. The van der Waals surface area contributed by atoms with Crippen LogP contribution in [0.4, 0.5) is 0 Å². The Labute approximate surface area is 157 Å². The highest BCUT2D eigenvalue weighted by atomic mass is 16.5. The zero-order valence-electron chi connectivity index (χ0n) is 16.7. The average molecular weight is 369 g/mol. The smallest absolute Gasteiger partial charge is 0.256 e. The third kappa shape index (κ3) is 6.86. The molecule has 8 nitrogen and oxygen atoms in total. The van der Waals surface area contributed by atoms with Crippen molar-refractivity contribution in [3.05, 3.63) is 23.2 Å². The molecule has 1 unspecified atom stereocenters. The first-order valence-corrected chi connectivity index (χ1v) is 9.16. The molecular formula is C18H36N6O2. The number of nitrogens with two attached hydrogens (primary N) is 3. The van der Waals surface area contributed by atoms with Crippen molar-refractivity contribution in [3.63, 3.8) is 0 Å². The number of hydrogen-bond donors (Lipinski definition) is 5. The second kappa shape index (κ2) is 10.4. The minimum Gasteiger partial charge on any atom is -0.402 e. The van der Waals surface area contributed by atoms with E-state index in [9.17, 15) is 4.79 Å². The summed E-state index contributed by atoms with van der Waals surface area (Å²) >= 11 is 0. The Morgan fingerprint density at radius 2 is 2.00 bits per heavy atom. The van der Waals surface area contributed by atoms with Crippen molar-refractivity contribution in [1.29, 1.82) is 0 Å². The summed E-state index contributed by atoms with van der Waals surface area (Å²) in [6.45, 7) is 10.0. The molecule has 1 aliphatic rings. The fourth-order valence-corrected chi connectivity index (χ4v) is 2.93. The van der Waals surface area contributed by atoms with Gasteiger partial charge in [-0.25, -0.2) is 0 Å². The quantitative estimate of drug-likeness (QED) is 0.227. The summed E-state index contributed by atoms with van der Waals surface area (Å²) in [5.41, 5.74) is 18.6. The fourth-order valence-electron chi connectivity index (χ4n) is 2.93. The number of rotatable bonds is 8. The van der Waals surface area contributed by atoms with Gasteiger partial charge in [0.1, 0.15) is 5.82 Å². The summed E-state index contributed by atoms with van der Waals surface area (Å²) in [6.07, 6.45) is 1.97. The highest BCUT2D eigenvalue weighted by molar-refractivity contribution is 5.97. The van der Waals surface area contributed by atoms with Crippen molar-refractivity contribution in [2.45, 2.75) is 52.4 Å². The summed E-state index contributed by atoms with van der Waals surface area (Å²) in [7, 11) is 1.70. The maximum atomic E-state index is 12.5. The van der Waals surface area contributed by atoms with Gasteiger partial charge in [-0.15, -0.1) is 0 Å². The van der Waals surface area contributed by atoms with Crippen LogP contribution in [0.25, 0.3) is 0 Å². The van der Waals surface area contributed by atoms with E-state index in [1.54, 1.807) is 27.0 Å². The van der Waals surface area contributed by atoms with Crippen LogP contribution in [0.1, 0.15) is 34.1 Å². The molecular weight excluding hydrogens is 332 g/mol. The molecule has 0 aromatic carbocycles. The van der Waals surface area contributed by atoms with Crippen LogP contribution < -0.4 is 27.8 Å². The van der Waals surface area contributed by atoms with Gasteiger partial charge >= 0.3 is 0 Å². The summed E-state index contributed by atoms with van der Waals surface area (Å²) in [6, 6.07) is 0.263. The van der Waals surface area contributed by atoms with Gasteiger partial charge in [-0.05, 0) is 38.8 Å². The molecule has 1 amide bonds. The molecule has 1 heterocycles. The third-order valence-electron chi connectivity index (χ3n) is 4.24. The minimum atomic E-state index is -0.477. The van der Waals surface area contributed by atoms with Crippen LogP contribution in [0, 0.1) is 5.92 Å². The summed E-state index contributed by atoms with van der Waals surface area (Å²) < 4.78 is 5.66. The van der Waals surface area contributed by atoms with E-state index in [4.69, 9.17) is 21.9 Å². The lowest BCUT2D eigenvalue weighted by molar-refractivity contribution is -0.117. The molecule has 26 heavy (non-hydrogen) atoms. The van der Waals surface area contributed by atoms with Gasteiger partial charge in [0.2, 0.25) is 0 Å². The standard InChI is InChI=1S/C18H36N6O2/c1-11(2)9-22-15-6-7-24(10-16(15)26-5)17(21)14(8-12(3)19)18(25)23-13(4)20/h8,11,13,15-16,22H,6-7,9-10,19-21H2,1-5H3,(H,23,25)/b12-8-,17-14-/t13?,15-,16+/m1/s1. The largest absolute Gasteiger partial charge is 0.402 e. The van der Waals surface area contributed by atoms with E-state index in [2.05, 4.69) is 24.5 Å². The predicted octanol–water partition coefficient (Wildman–Crippen LogP) is -0.225. The van der Waals surface area contributed by atoms with E-state index >= 15 is 0 Å². The lowest BCUT2D eigenvalue weighted by Crippen LogP contribution is -2.54. The van der Waals surface area contributed by atoms with E-state index < -0.39 is 6.17 Å². The summed E-state index contributed by atoms with van der Waals surface area (Å²) in [4.78, 5) is 14.4. The molecule has 8 N–H and O–H groups in total. The van der Waals surface area contributed by atoms with Gasteiger partial charge < -0.3 is 37.5 Å². The fraction of sp³-hybridized carbons (Fsp3) is 0.722. The van der Waals surface area contributed by atoms with Crippen LogP contribution in [0.15, 0.2) is 23.2 Å². The molecule has 3 atom stereocenters. The van der Waals surface area contributed by atoms with E-state index in [1.165, 1.54) is 0 Å². The van der Waals surface area contributed by atoms with E-state index in [1.807, 2.05) is 4.90 Å². The monoisotopic (exact) mass is 368 g/mol. The Kier molecular flexibility index (Phi) is 8.91. The van der Waals surface area contributed by atoms with Gasteiger partial charge in [0, 0.05) is 31.9 Å². The maximum absolute atomic E-state index is 12.5. The summed E-state index contributed by atoms with van der Waals surface area (Å²) in [5.74, 6) is 0.621. The first kappa shape index (κ1) is 22.3. The molecule has 1 rings (SSSR count). The number of ether oxygens (including phenoxy) is 1. The number of carbonyl (C=O) groups is 1. The van der Waals surface area contributed by atoms with Gasteiger partial charge in [-0.2, -0.15) is 0 Å². The number of nitrogens with one attached hydrogen (secondary N) is 2. The van der Waals surface area contributed by atoms with E-state index in [-0.39, 0.29) is 18.1 Å². The molecule has 1 fully saturated rings. The van der Waals surface area contributed by atoms with Gasteiger partial charge in [0.25, 0.3) is 5.91 Å². The van der Waals surface area contributed by atoms with Gasteiger partial charge in [0.15, 0.2) is 0 Å². The lowest BCUT2D eigenvalue weighted by atomic mass is 10.00. The highest BCUT2D eigenvalue weighted by Crippen LogP contribution is 2.19. The second-order valence-corrected chi connectivity index (χ2v) is 7.37. The van der Waals surface area contributed by atoms with Crippen LogP contribution in [0.2, 0.25) is 0 Å². The topological polar surface area (TPSA) is 132 Å². The SMILES string of the molecule is CO[C@H]1CN(/C(N)=C(/C=C(/C)N)C(=O)NC(C)N)CC[C@H]1NCC(C)C. The van der Waals surface area contributed by atoms with Crippen molar-refractivity contribution in [2.24, 2.45) is 23.1 Å². The number of allylic oxidation sites excluding steroid dienone is 1. The lowest BCUT2D eigenvalue weighted by Gasteiger charge is -2.40. The Balaban J connectivity index is 2.97. The Morgan fingerprint density at radius 1 is 1.35 bits per heavy atom. The zero-order chi connectivity index (χ0) is 19.9. The van der Waals surface area contributed by atoms with Crippen molar-refractivity contribution in [1.82, 2.24) is 15.5 Å². The van der Waals surface area contributed by atoms with Gasteiger partial charge in [0.05, 0.1) is 17.8 Å². The van der Waals surface area contributed by atoms with Crippen molar-refractivity contribution in [3.8, 4) is 0 Å². The van der Waals surface area contributed by atoms with Crippen LogP contribution >= 0.6 is 0 Å². The molecule has 0 spiro atoms. The molecule has 1 aliphatic heterocycles. The van der Waals surface area contributed by atoms with Crippen molar-refractivity contribution >= 4 is 5.91 Å². The van der Waals surface area contributed by atoms with Crippen LogP contribution in [-0.4, -0.2) is 55.9 Å². The van der Waals surface area contributed by atoms with Crippen LogP contribution in [0.5, 0.6) is 0 Å². The maximum Gasteiger partial charge on any atom is 0.256 e. The number of carbonyl (C=O) groups excluding carboxylic acids is 1. The molecule has 8 heteroatoms. The third-order valence-corrected chi connectivity index (χ3v) is 4.24. The number of hydrogen-bond acceptors (Lipinski definition) is 7. The average Bonchev–Trinajstić information content (AvgIpc) is 2.56. The van der Waals surface area contributed by atoms with Crippen LogP contribution in [-0.2, 0) is 9.53 Å². The number of piperidine rings is 1. The molecule has 0 radical (unpaired) electrons. The summed E-state index contributed by atoms with van der Waals surface area (Å²) in [5, 5.41) is 6.22.